The minimum atomic E-state index is -0.375. The Bertz CT molecular complexity index is 1260. The summed E-state index contributed by atoms with van der Waals surface area (Å²) in [5.41, 5.74) is 2.20. The Balaban J connectivity index is 1.56. The molecule has 0 aliphatic carbocycles. The number of esters is 1. The molecule has 3 heterocycles. The first kappa shape index (κ1) is 25.5. The van der Waals surface area contributed by atoms with E-state index < -0.39 is 0 Å². The summed E-state index contributed by atoms with van der Waals surface area (Å²) in [5, 5.41) is 11.5. The lowest BCUT2D eigenvalue weighted by Crippen LogP contribution is -2.36. The number of hydrogen-bond acceptors (Lipinski definition) is 9. The normalized spacial score (nSPS) is 12.6. The van der Waals surface area contributed by atoms with Crippen molar-refractivity contribution < 1.29 is 23.8 Å². The van der Waals surface area contributed by atoms with Crippen molar-refractivity contribution in [1.82, 2.24) is 25.0 Å². The van der Waals surface area contributed by atoms with Crippen LogP contribution in [0.3, 0.4) is 0 Å². The zero-order valence-electron chi connectivity index (χ0n) is 20.5. The molecule has 11 nitrogen and oxygen atoms in total. The Hall–Kier alpha value is -3.57. The van der Waals surface area contributed by atoms with Crippen molar-refractivity contribution in [3.05, 3.63) is 35.2 Å². The average Bonchev–Trinajstić information content (AvgIpc) is 3.25. The number of hydrogen-bond donors (Lipinski definition) is 2. The van der Waals surface area contributed by atoms with E-state index in [1.807, 2.05) is 19.1 Å². The van der Waals surface area contributed by atoms with Crippen LogP contribution in [0, 0.1) is 0 Å². The van der Waals surface area contributed by atoms with E-state index in [9.17, 15) is 9.59 Å². The number of likely N-dealkylation sites (N-methyl/N-ethyl adjacent to an activating group) is 1. The maximum Gasteiger partial charge on any atom is 0.320 e. The van der Waals surface area contributed by atoms with Gasteiger partial charge in [-0.1, -0.05) is 18.5 Å². The molecular weight excluding hydrogens is 488 g/mol. The Morgan fingerprint density at radius 3 is 2.94 bits per heavy atom. The number of halogens is 1. The molecule has 1 aliphatic heterocycles. The van der Waals surface area contributed by atoms with Gasteiger partial charge in [0.15, 0.2) is 5.69 Å². The van der Waals surface area contributed by atoms with Crippen LogP contribution in [0.5, 0.6) is 11.5 Å². The van der Waals surface area contributed by atoms with E-state index in [0.717, 1.165) is 12.1 Å². The Morgan fingerprint density at radius 1 is 1.33 bits per heavy atom. The van der Waals surface area contributed by atoms with Crippen LogP contribution in [-0.2, 0) is 9.53 Å². The molecule has 4 rings (SSSR count). The molecule has 0 radical (unpaired) electrons. The molecule has 0 spiro atoms. The highest BCUT2D eigenvalue weighted by atomic mass is 35.5. The van der Waals surface area contributed by atoms with E-state index >= 15 is 0 Å². The Labute approximate surface area is 213 Å². The highest BCUT2D eigenvalue weighted by Crippen LogP contribution is 2.38. The second kappa shape index (κ2) is 11.4. The van der Waals surface area contributed by atoms with Crippen LogP contribution in [0.1, 0.15) is 23.8 Å². The number of pyridine rings is 1. The van der Waals surface area contributed by atoms with Crippen molar-refractivity contribution in [2.75, 3.05) is 58.9 Å². The molecule has 0 unspecified atom stereocenters. The zero-order valence-corrected chi connectivity index (χ0v) is 21.2. The second-order valence-electron chi connectivity index (χ2n) is 8.29. The zero-order chi connectivity index (χ0) is 25.7. The third kappa shape index (κ3) is 5.63. The number of aromatic nitrogens is 3. The average molecular weight is 517 g/mol. The summed E-state index contributed by atoms with van der Waals surface area (Å²) in [6.07, 6.45) is 2.29. The lowest BCUT2D eigenvalue weighted by molar-refractivity contribution is -0.144. The van der Waals surface area contributed by atoms with E-state index in [1.54, 1.807) is 29.8 Å². The van der Waals surface area contributed by atoms with Gasteiger partial charge in [-0.05, 0) is 13.5 Å². The van der Waals surface area contributed by atoms with Crippen molar-refractivity contribution in [3.63, 3.8) is 0 Å². The summed E-state index contributed by atoms with van der Waals surface area (Å²) in [7, 11) is 3.35. The fourth-order valence-electron chi connectivity index (χ4n) is 3.82. The maximum absolute atomic E-state index is 13.1. The standard InChI is InChI=1S/C24H29ClN6O5/c1-4-8-36-22(32)14-30(2)7-5-27-24(33)23-15-13-28-21(25)12-17(15)31(29-23)18-11-19-16(10-20(18)34-3)26-6-9-35-19/h10-13,26H,4-9,14H2,1-3H3,(H,27,33). The molecule has 0 atom stereocenters. The number of nitrogens with zero attached hydrogens (tertiary/aromatic N) is 4. The van der Waals surface area contributed by atoms with Crippen LogP contribution in [0.2, 0.25) is 5.15 Å². The number of carbonyl (C=O) groups is 2. The van der Waals surface area contributed by atoms with Gasteiger partial charge in [0.05, 0.1) is 36.9 Å². The van der Waals surface area contributed by atoms with Gasteiger partial charge in [0, 0.05) is 44.0 Å². The van der Waals surface area contributed by atoms with Gasteiger partial charge >= 0.3 is 5.97 Å². The van der Waals surface area contributed by atoms with E-state index in [1.165, 1.54) is 6.20 Å². The van der Waals surface area contributed by atoms with Crippen LogP contribution in [0.15, 0.2) is 24.4 Å². The lowest BCUT2D eigenvalue weighted by atomic mass is 10.2. The predicted octanol–water partition coefficient (Wildman–Crippen LogP) is 2.50. The number of amides is 1. The highest BCUT2D eigenvalue weighted by Gasteiger charge is 2.23. The first-order valence-electron chi connectivity index (χ1n) is 11.7. The smallest absolute Gasteiger partial charge is 0.320 e. The number of ether oxygens (including phenoxy) is 3. The fourth-order valence-corrected chi connectivity index (χ4v) is 3.98. The molecule has 12 heteroatoms. The monoisotopic (exact) mass is 516 g/mol. The van der Waals surface area contributed by atoms with Crippen molar-refractivity contribution >= 4 is 40.1 Å². The van der Waals surface area contributed by atoms with Crippen molar-refractivity contribution in [1.29, 1.82) is 0 Å². The summed E-state index contributed by atoms with van der Waals surface area (Å²) in [6, 6.07) is 5.30. The first-order chi connectivity index (χ1) is 17.4. The summed E-state index contributed by atoms with van der Waals surface area (Å²) >= 11 is 6.19. The molecule has 2 aromatic heterocycles. The van der Waals surface area contributed by atoms with Crippen molar-refractivity contribution in [2.24, 2.45) is 0 Å². The largest absolute Gasteiger partial charge is 0.494 e. The van der Waals surface area contributed by atoms with Gasteiger partial charge in [-0.3, -0.25) is 14.5 Å². The minimum absolute atomic E-state index is 0.144. The summed E-state index contributed by atoms with van der Waals surface area (Å²) in [6.45, 7) is 4.48. The van der Waals surface area contributed by atoms with Crippen LogP contribution in [0.4, 0.5) is 5.69 Å². The van der Waals surface area contributed by atoms with E-state index in [2.05, 4.69) is 20.7 Å². The topological polar surface area (TPSA) is 120 Å². The maximum atomic E-state index is 13.1. The van der Waals surface area contributed by atoms with Gasteiger partial charge in [0.1, 0.15) is 28.9 Å². The van der Waals surface area contributed by atoms with Gasteiger partial charge in [0.2, 0.25) is 0 Å². The number of benzene rings is 1. The van der Waals surface area contributed by atoms with Crippen molar-refractivity contribution in [3.8, 4) is 17.2 Å². The minimum Gasteiger partial charge on any atom is -0.494 e. The first-order valence-corrected chi connectivity index (χ1v) is 12.0. The van der Waals surface area contributed by atoms with Crippen LogP contribution in [0.25, 0.3) is 16.6 Å². The van der Waals surface area contributed by atoms with E-state index in [4.69, 9.17) is 25.8 Å². The van der Waals surface area contributed by atoms with Crippen LogP contribution >= 0.6 is 11.6 Å². The molecule has 1 aromatic carbocycles. The molecule has 3 aromatic rings. The van der Waals surface area contributed by atoms with Gasteiger partial charge in [-0.15, -0.1) is 0 Å². The number of methoxy groups -OCH3 is 1. The molecule has 0 bridgehead atoms. The molecule has 0 fully saturated rings. The molecule has 36 heavy (non-hydrogen) atoms. The third-order valence-corrected chi connectivity index (χ3v) is 5.78. The number of carbonyl (C=O) groups excluding carboxylic acids is 2. The second-order valence-corrected chi connectivity index (χ2v) is 8.68. The number of nitrogens with one attached hydrogen (secondary N) is 2. The SMILES string of the molecule is CCCOC(=O)CN(C)CCNC(=O)c1nn(-c2cc3c(cc2OC)NCCO3)c2cc(Cl)ncc12. The molecule has 192 valence electrons. The number of anilines is 1. The number of fused-ring (bicyclic) bond motifs is 2. The molecule has 0 saturated heterocycles. The van der Waals surface area contributed by atoms with Gasteiger partial charge < -0.3 is 24.8 Å². The summed E-state index contributed by atoms with van der Waals surface area (Å²) in [4.78, 5) is 30.8. The van der Waals surface area contributed by atoms with Gasteiger partial charge in [-0.2, -0.15) is 5.10 Å². The quantitative estimate of drug-likeness (QED) is 0.309. The summed E-state index contributed by atoms with van der Waals surface area (Å²) in [5.74, 6) is 0.538. The molecule has 2 N–H and O–H groups in total. The Morgan fingerprint density at radius 2 is 2.17 bits per heavy atom. The molecule has 0 saturated carbocycles. The molecule has 1 amide bonds. The van der Waals surface area contributed by atoms with Gasteiger partial charge in [0.25, 0.3) is 5.91 Å². The van der Waals surface area contributed by atoms with E-state index in [0.29, 0.717) is 60.9 Å². The Kier molecular flexibility index (Phi) is 8.11. The number of rotatable bonds is 10. The highest BCUT2D eigenvalue weighted by molar-refractivity contribution is 6.30. The third-order valence-electron chi connectivity index (χ3n) is 5.58. The van der Waals surface area contributed by atoms with Crippen molar-refractivity contribution in [2.45, 2.75) is 13.3 Å². The predicted molar refractivity (Wildman–Crippen MR) is 135 cm³/mol. The van der Waals surface area contributed by atoms with Crippen LogP contribution in [-0.4, -0.2) is 85.1 Å². The van der Waals surface area contributed by atoms with Gasteiger partial charge in [-0.25, -0.2) is 9.67 Å². The molecule has 1 aliphatic rings. The van der Waals surface area contributed by atoms with Crippen LogP contribution < -0.4 is 20.1 Å². The van der Waals surface area contributed by atoms with E-state index in [-0.39, 0.29) is 29.3 Å². The summed E-state index contributed by atoms with van der Waals surface area (Å²) < 4.78 is 18.1. The molecular formula is C24H29ClN6O5. The lowest BCUT2D eigenvalue weighted by Gasteiger charge is -2.21. The fraction of sp³-hybridized carbons (Fsp3) is 0.417.